The van der Waals surface area contributed by atoms with Crippen LogP contribution in [0.2, 0.25) is 0 Å². The molecule has 0 saturated heterocycles. The standard InChI is InChI=1S/C34H43N2O3.ClH/c1-36(2,3)31-17-15-28(16-18-31)25-34(37)38-24-12-7-5-4-6-11-22-35-23-21-30-26-32(19-20-33(30)35)39-27-29-13-9-8-10-14-29;/h8-10,13-21,23,26H,4-7,11-12,22,24-25,27H2,1-3H3;1H/q+1;/p-1. The lowest BCUT2D eigenvalue weighted by molar-refractivity contribution is -0.142. The molecule has 40 heavy (non-hydrogen) atoms. The highest BCUT2D eigenvalue weighted by molar-refractivity contribution is 5.81. The molecule has 0 saturated carbocycles. The number of carbonyl (C=O) groups excluding carboxylic acids is 1. The van der Waals surface area contributed by atoms with Crippen LogP contribution in [0.5, 0.6) is 5.75 Å². The minimum absolute atomic E-state index is 0. The van der Waals surface area contributed by atoms with Crippen molar-refractivity contribution < 1.29 is 26.7 Å². The maximum Gasteiger partial charge on any atom is 0.310 e. The highest BCUT2D eigenvalue weighted by Crippen LogP contribution is 2.23. The molecule has 0 aliphatic carbocycles. The summed E-state index contributed by atoms with van der Waals surface area (Å²) < 4.78 is 14.5. The number of carbonyl (C=O) groups is 1. The lowest BCUT2D eigenvalue weighted by Gasteiger charge is -2.23. The van der Waals surface area contributed by atoms with Crippen LogP contribution in [0, 0.1) is 0 Å². The largest absolute Gasteiger partial charge is 1.00 e. The number of esters is 1. The Hall–Kier alpha value is -3.28. The van der Waals surface area contributed by atoms with E-state index in [0.29, 0.717) is 19.6 Å². The molecule has 0 bridgehead atoms. The summed E-state index contributed by atoms with van der Waals surface area (Å²) in [6.07, 6.45) is 9.32. The molecule has 0 amide bonds. The Morgan fingerprint density at radius 3 is 2.20 bits per heavy atom. The van der Waals surface area contributed by atoms with Crippen LogP contribution in [0.15, 0.2) is 85.1 Å². The molecule has 1 aromatic heterocycles. The minimum Gasteiger partial charge on any atom is -1.00 e. The first kappa shape index (κ1) is 31.3. The summed E-state index contributed by atoms with van der Waals surface area (Å²) in [5.41, 5.74) is 4.65. The second kappa shape index (κ2) is 15.5. The Morgan fingerprint density at radius 1 is 0.775 bits per heavy atom. The number of quaternary nitrogens is 1. The van der Waals surface area contributed by atoms with Crippen molar-refractivity contribution in [3.8, 4) is 5.75 Å². The molecule has 0 spiro atoms. The Bertz CT molecular complexity index is 1310. The first-order valence-corrected chi connectivity index (χ1v) is 14.2. The third-order valence-corrected chi connectivity index (χ3v) is 7.11. The average Bonchev–Trinajstić information content (AvgIpc) is 3.33. The van der Waals surface area contributed by atoms with Crippen LogP contribution in [0.1, 0.15) is 49.7 Å². The number of unbranched alkanes of at least 4 members (excludes halogenated alkanes) is 5. The number of nitrogens with zero attached hydrogens (tertiary/aromatic N) is 2. The Labute approximate surface area is 245 Å². The smallest absolute Gasteiger partial charge is 0.310 e. The van der Waals surface area contributed by atoms with Crippen LogP contribution >= 0.6 is 0 Å². The van der Waals surface area contributed by atoms with Crippen LogP contribution in [-0.2, 0) is 29.1 Å². The summed E-state index contributed by atoms with van der Waals surface area (Å²) >= 11 is 0. The van der Waals surface area contributed by atoms with Gasteiger partial charge in [0.2, 0.25) is 0 Å². The molecule has 1 heterocycles. The highest BCUT2D eigenvalue weighted by Gasteiger charge is 2.12. The molecule has 0 fully saturated rings. The Balaban J connectivity index is 0.00000441. The van der Waals surface area contributed by atoms with Crippen molar-refractivity contribution in [2.45, 2.75) is 58.1 Å². The second-order valence-electron chi connectivity index (χ2n) is 11.2. The number of fused-ring (bicyclic) bond motifs is 1. The molecule has 5 nitrogen and oxygen atoms in total. The van der Waals surface area contributed by atoms with E-state index in [2.05, 4.69) is 80.4 Å². The van der Waals surface area contributed by atoms with E-state index in [-0.39, 0.29) is 18.4 Å². The van der Waals surface area contributed by atoms with Crippen LogP contribution < -0.4 is 21.6 Å². The van der Waals surface area contributed by atoms with E-state index in [1.165, 1.54) is 41.4 Å². The van der Waals surface area contributed by atoms with Gasteiger partial charge in [-0.3, -0.25) is 9.28 Å². The molecule has 0 aliphatic heterocycles. The first-order chi connectivity index (χ1) is 18.9. The number of rotatable bonds is 15. The number of benzene rings is 3. The van der Waals surface area contributed by atoms with Gasteiger partial charge in [0.15, 0.2) is 0 Å². The lowest BCUT2D eigenvalue weighted by atomic mass is 10.1. The molecule has 4 rings (SSSR count). The SMILES string of the molecule is C[N+](C)(C)c1ccc(CC(=O)OCCCCCCCCn2ccc3cc(OCc4ccccc4)ccc32)cc1.[Cl-]. The number of hydrogen-bond acceptors (Lipinski definition) is 3. The van der Waals surface area contributed by atoms with Gasteiger partial charge in [-0.2, -0.15) is 0 Å². The Morgan fingerprint density at radius 2 is 1.48 bits per heavy atom. The fourth-order valence-electron chi connectivity index (χ4n) is 4.76. The summed E-state index contributed by atoms with van der Waals surface area (Å²) in [5, 5.41) is 1.22. The number of ether oxygens (including phenoxy) is 2. The predicted molar refractivity (Wildman–Crippen MR) is 161 cm³/mol. The van der Waals surface area contributed by atoms with E-state index in [1.54, 1.807) is 0 Å². The topological polar surface area (TPSA) is 40.5 Å². The molecule has 4 aromatic rings. The quantitative estimate of drug-likeness (QED) is 0.121. The predicted octanol–water partition coefficient (Wildman–Crippen LogP) is 4.55. The average molecular weight is 563 g/mol. The molecule has 3 aromatic carbocycles. The van der Waals surface area contributed by atoms with Gasteiger partial charge >= 0.3 is 5.97 Å². The third-order valence-electron chi connectivity index (χ3n) is 7.11. The molecular weight excluding hydrogens is 520 g/mol. The van der Waals surface area contributed by atoms with Gasteiger partial charge in [-0.15, -0.1) is 0 Å². The molecule has 0 N–H and O–H groups in total. The summed E-state index contributed by atoms with van der Waals surface area (Å²) in [5.74, 6) is 0.769. The van der Waals surface area contributed by atoms with Gasteiger partial charge in [0.05, 0.1) is 34.2 Å². The third kappa shape index (κ3) is 9.72. The zero-order valence-corrected chi connectivity index (χ0v) is 24.9. The van der Waals surface area contributed by atoms with E-state index < -0.39 is 0 Å². The summed E-state index contributed by atoms with van der Waals surface area (Å²) in [7, 11) is 6.39. The zero-order valence-electron chi connectivity index (χ0n) is 24.2. The van der Waals surface area contributed by atoms with Crippen molar-refractivity contribution in [2.24, 2.45) is 0 Å². The molecule has 0 unspecified atom stereocenters. The van der Waals surface area contributed by atoms with Crippen LogP contribution in [-0.4, -0.2) is 38.3 Å². The number of aromatic nitrogens is 1. The second-order valence-corrected chi connectivity index (χ2v) is 11.2. The highest BCUT2D eigenvalue weighted by atomic mass is 35.5. The van der Waals surface area contributed by atoms with Crippen molar-refractivity contribution >= 4 is 22.6 Å². The van der Waals surface area contributed by atoms with Crippen molar-refractivity contribution in [3.63, 3.8) is 0 Å². The van der Waals surface area contributed by atoms with Gasteiger partial charge in [-0.1, -0.05) is 68.1 Å². The molecule has 214 valence electrons. The number of hydrogen-bond donors (Lipinski definition) is 0. The van der Waals surface area contributed by atoms with Gasteiger partial charge in [0.25, 0.3) is 0 Å². The molecule has 0 atom stereocenters. The monoisotopic (exact) mass is 562 g/mol. The van der Waals surface area contributed by atoms with Crippen molar-refractivity contribution in [1.82, 2.24) is 9.05 Å². The van der Waals surface area contributed by atoms with Crippen LogP contribution in [0.4, 0.5) is 5.69 Å². The normalized spacial score (nSPS) is 11.3. The number of aryl methyl sites for hydroxylation is 1. The number of halogens is 1. The molecule has 6 heteroatoms. The van der Waals surface area contributed by atoms with E-state index >= 15 is 0 Å². The van der Waals surface area contributed by atoms with Gasteiger partial charge in [0.1, 0.15) is 18.0 Å². The van der Waals surface area contributed by atoms with Crippen LogP contribution in [0.25, 0.3) is 10.9 Å². The van der Waals surface area contributed by atoms with Gasteiger partial charge in [-0.05, 0) is 60.4 Å². The van der Waals surface area contributed by atoms with Crippen molar-refractivity contribution in [2.75, 3.05) is 27.7 Å². The van der Waals surface area contributed by atoms with E-state index in [9.17, 15) is 4.79 Å². The fraction of sp³-hybridized carbons (Fsp3) is 0.382. The lowest BCUT2D eigenvalue weighted by Crippen LogP contribution is -3.00. The minimum atomic E-state index is -0.137. The summed E-state index contributed by atoms with van der Waals surface area (Å²) in [4.78, 5) is 12.1. The van der Waals surface area contributed by atoms with E-state index in [0.717, 1.165) is 41.6 Å². The molecule has 0 aliphatic rings. The maximum atomic E-state index is 12.1. The van der Waals surface area contributed by atoms with Gasteiger partial charge in [0, 0.05) is 23.6 Å². The fourth-order valence-corrected chi connectivity index (χ4v) is 4.76. The van der Waals surface area contributed by atoms with Gasteiger partial charge in [-0.25, -0.2) is 0 Å². The molecular formula is C34H43ClN2O3. The first-order valence-electron chi connectivity index (χ1n) is 14.2. The zero-order chi connectivity index (χ0) is 27.5. The van der Waals surface area contributed by atoms with E-state index in [4.69, 9.17) is 9.47 Å². The maximum absolute atomic E-state index is 12.1. The summed E-state index contributed by atoms with van der Waals surface area (Å²) in [6, 6.07) is 27.0. The van der Waals surface area contributed by atoms with Gasteiger partial charge < -0.3 is 26.4 Å². The summed E-state index contributed by atoms with van der Waals surface area (Å²) in [6.45, 7) is 2.13. The molecule has 0 radical (unpaired) electrons. The van der Waals surface area contributed by atoms with Crippen LogP contribution in [0.3, 0.4) is 0 Å². The van der Waals surface area contributed by atoms with Crippen molar-refractivity contribution in [1.29, 1.82) is 0 Å². The van der Waals surface area contributed by atoms with Crippen molar-refractivity contribution in [3.05, 3.63) is 96.2 Å². The Kier molecular flexibility index (Phi) is 12.1. The van der Waals surface area contributed by atoms with E-state index in [1.807, 2.05) is 30.3 Å².